The Hall–Kier alpha value is -2.16. The lowest BCUT2D eigenvalue weighted by Gasteiger charge is -2.11. The maximum Gasteiger partial charge on any atom is 0.163 e. The van der Waals surface area contributed by atoms with Crippen LogP contribution in [0.1, 0.15) is 33.6 Å². The van der Waals surface area contributed by atoms with Crippen LogP contribution in [-0.2, 0) is 13.0 Å². The van der Waals surface area contributed by atoms with Crippen LogP contribution in [0.4, 0.5) is 0 Å². The van der Waals surface area contributed by atoms with E-state index in [-0.39, 0.29) is 5.78 Å². The highest BCUT2D eigenvalue weighted by Gasteiger charge is 2.22. The van der Waals surface area contributed by atoms with Crippen molar-refractivity contribution in [2.24, 2.45) is 0 Å². The molecule has 0 N–H and O–H groups in total. The van der Waals surface area contributed by atoms with Crippen molar-refractivity contribution < 1.29 is 9.53 Å². The van der Waals surface area contributed by atoms with Gasteiger partial charge in [0.05, 0.1) is 5.69 Å². The van der Waals surface area contributed by atoms with Crippen molar-refractivity contribution in [2.75, 3.05) is 0 Å². The average Bonchev–Trinajstić information content (AvgIpc) is 2.81. The highest BCUT2D eigenvalue weighted by atomic mass is 16.5. The van der Waals surface area contributed by atoms with Gasteiger partial charge in [-0.15, -0.1) is 0 Å². The number of fused-ring (bicyclic) bond motifs is 1. The molecule has 0 amide bonds. The van der Waals surface area contributed by atoms with Crippen LogP contribution in [0.5, 0.6) is 5.75 Å². The lowest BCUT2D eigenvalue weighted by Crippen LogP contribution is -2.02. The van der Waals surface area contributed by atoms with Crippen LogP contribution in [0.25, 0.3) is 0 Å². The summed E-state index contributed by atoms with van der Waals surface area (Å²) in [4.78, 5) is 16.0. The zero-order chi connectivity index (χ0) is 13.2. The summed E-state index contributed by atoms with van der Waals surface area (Å²) in [6.45, 7) is 2.46. The molecule has 0 fully saturated rings. The molecule has 0 atom stereocenters. The molecule has 3 rings (SSSR count). The quantitative estimate of drug-likeness (QED) is 0.843. The van der Waals surface area contributed by atoms with Crippen LogP contribution in [0, 0.1) is 6.92 Å². The first-order valence-corrected chi connectivity index (χ1v) is 6.44. The van der Waals surface area contributed by atoms with Crippen LogP contribution >= 0.6 is 0 Å². The number of aryl methyl sites for hydroxylation is 1. The van der Waals surface area contributed by atoms with E-state index in [1.165, 1.54) is 0 Å². The molecule has 0 saturated heterocycles. The van der Waals surface area contributed by atoms with E-state index in [1.807, 2.05) is 37.3 Å². The van der Waals surface area contributed by atoms with E-state index in [4.69, 9.17) is 4.74 Å². The van der Waals surface area contributed by atoms with Crippen molar-refractivity contribution in [3.63, 3.8) is 0 Å². The molecule has 2 aromatic rings. The van der Waals surface area contributed by atoms with Crippen LogP contribution in [0.2, 0.25) is 0 Å². The third-order valence-corrected chi connectivity index (χ3v) is 3.52. The van der Waals surface area contributed by atoms with Gasteiger partial charge in [-0.05, 0) is 31.0 Å². The molecule has 0 radical (unpaired) electrons. The fourth-order valence-electron chi connectivity index (χ4n) is 2.41. The first kappa shape index (κ1) is 11.9. The van der Waals surface area contributed by atoms with Crippen LogP contribution in [0.3, 0.4) is 0 Å². The van der Waals surface area contributed by atoms with E-state index in [0.717, 1.165) is 34.6 Å². The van der Waals surface area contributed by atoms with Crippen molar-refractivity contribution in [3.05, 3.63) is 58.9 Å². The normalized spacial score (nSPS) is 13.4. The van der Waals surface area contributed by atoms with Gasteiger partial charge in [-0.3, -0.25) is 9.78 Å². The molecule has 0 unspecified atom stereocenters. The number of carbonyl (C=O) groups excluding carboxylic acids is 1. The van der Waals surface area contributed by atoms with Gasteiger partial charge in [0.2, 0.25) is 0 Å². The van der Waals surface area contributed by atoms with Crippen molar-refractivity contribution in [2.45, 2.75) is 26.4 Å². The van der Waals surface area contributed by atoms with Gasteiger partial charge in [0, 0.05) is 23.7 Å². The van der Waals surface area contributed by atoms with E-state index in [0.29, 0.717) is 13.0 Å². The van der Waals surface area contributed by atoms with Gasteiger partial charge in [-0.2, -0.15) is 0 Å². The third-order valence-electron chi connectivity index (χ3n) is 3.52. The minimum absolute atomic E-state index is 0.217. The van der Waals surface area contributed by atoms with Gasteiger partial charge < -0.3 is 4.74 Å². The second-order valence-electron chi connectivity index (χ2n) is 4.76. The largest absolute Gasteiger partial charge is 0.487 e. The minimum atomic E-state index is 0.217. The summed E-state index contributed by atoms with van der Waals surface area (Å²) >= 11 is 0. The summed E-state index contributed by atoms with van der Waals surface area (Å²) in [6, 6.07) is 9.62. The van der Waals surface area contributed by atoms with Crippen LogP contribution in [-0.4, -0.2) is 10.8 Å². The number of hydrogen-bond donors (Lipinski definition) is 0. The zero-order valence-electron chi connectivity index (χ0n) is 10.8. The van der Waals surface area contributed by atoms with Gasteiger partial charge in [0.1, 0.15) is 12.4 Å². The molecule has 1 heterocycles. The molecule has 1 aliphatic rings. The predicted octanol–water partition coefficient (Wildman–Crippen LogP) is 3.10. The molecular formula is C16H15NO2. The second kappa shape index (κ2) is 4.84. The summed E-state index contributed by atoms with van der Waals surface area (Å²) < 4.78 is 5.85. The molecule has 1 aromatic heterocycles. The molecule has 0 spiro atoms. The number of aromatic nitrogens is 1. The fraction of sp³-hybridized carbons (Fsp3) is 0.250. The topological polar surface area (TPSA) is 39.2 Å². The van der Waals surface area contributed by atoms with E-state index in [2.05, 4.69) is 4.98 Å². The molecule has 0 bridgehead atoms. The molecule has 0 saturated carbocycles. The molecule has 3 nitrogen and oxygen atoms in total. The summed E-state index contributed by atoms with van der Waals surface area (Å²) in [6.07, 6.45) is 3.15. The number of benzene rings is 1. The monoisotopic (exact) mass is 253 g/mol. The van der Waals surface area contributed by atoms with Gasteiger partial charge in [-0.1, -0.05) is 18.2 Å². The zero-order valence-corrected chi connectivity index (χ0v) is 10.8. The summed E-state index contributed by atoms with van der Waals surface area (Å²) in [7, 11) is 0. The van der Waals surface area contributed by atoms with Crippen molar-refractivity contribution in [1.29, 1.82) is 0 Å². The van der Waals surface area contributed by atoms with E-state index in [9.17, 15) is 4.79 Å². The van der Waals surface area contributed by atoms with Gasteiger partial charge >= 0.3 is 0 Å². The Morgan fingerprint density at radius 2 is 2.11 bits per heavy atom. The average molecular weight is 253 g/mol. The molecule has 3 heteroatoms. The Bertz CT molecular complexity index is 634. The summed E-state index contributed by atoms with van der Waals surface area (Å²) in [5.74, 6) is 1.03. The van der Waals surface area contributed by atoms with Crippen molar-refractivity contribution in [1.82, 2.24) is 4.98 Å². The standard InChI is InChI=1S/C16H15NO2/c1-11-4-3-9-17-14(11)10-19-16-6-2-5-12-13(16)7-8-15(12)18/h2-6,9H,7-8,10H2,1H3. The van der Waals surface area contributed by atoms with Crippen LogP contribution in [0.15, 0.2) is 36.5 Å². The first-order valence-electron chi connectivity index (χ1n) is 6.44. The number of ketones is 1. The second-order valence-corrected chi connectivity index (χ2v) is 4.76. The lowest BCUT2D eigenvalue weighted by atomic mass is 10.1. The Kier molecular flexibility index (Phi) is 3.03. The third kappa shape index (κ3) is 2.24. The number of carbonyl (C=O) groups is 1. The number of rotatable bonds is 3. The molecule has 96 valence electrons. The SMILES string of the molecule is Cc1cccnc1COc1cccc2c1CCC2=O. The maximum absolute atomic E-state index is 11.7. The maximum atomic E-state index is 11.7. The van der Waals surface area contributed by atoms with E-state index < -0.39 is 0 Å². The minimum Gasteiger partial charge on any atom is -0.487 e. The van der Waals surface area contributed by atoms with Crippen molar-refractivity contribution in [3.8, 4) is 5.75 Å². The number of pyridine rings is 1. The van der Waals surface area contributed by atoms with Gasteiger partial charge in [0.15, 0.2) is 5.78 Å². The Morgan fingerprint density at radius 1 is 1.21 bits per heavy atom. The van der Waals surface area contributed by atoms with Gasteiger partial charge in [-0.25, -0.2) is 0 Å². The molecular weight excluding hydrogens is 238 g/mol. The Morgan fingerprint density at radius 3 is 2.95 bits per heavy atom. The number of hydrogen-bond acceptors (Lipinski definition) is 3. The molecule has 0 aliphatic heterocycles. The fourth-order valence-corrected chi connectivity index (χ4v) is 2.41. The Labute approximate surface area is 112 Å². The number of ether oxygens (including phenoxy) is 1. The van der Waals surface area contributed by atoms with Crippen LogP contribution < -0.4 is 4.74 Å². The first-order chi connectivity index (χ1) is 9.25. The number of Topliss-reactive ketones (excluding diaryl/α,β-unsaturated/α-hetero) is 1. The number of nitrogens with zero attached hydrogens (tertiary/aromatic N) is 1. The Balaban J connectivity index is 1.82. The summed E-state index contributed by atoms with van der Waals surface area (Å²) in [5.41, 5.74) is 3.91. The highest BCUT2D eigenvalue weighted by Crippen LogP contribution is 2.30. The molecule has 1 aromatic carbocycles. The van der Waals surface area contributed by atoms with Gasteiger partial charge in [0.25, 0.3) is 0 Å². The summed E-state index contributed by atoms with van der Waals surface area (Å²) in [5, 5.41) is 0. The lowest BCUT2D eigenvalue weighted by molar-refractivity contribution is 0.0994. The molecule has 1 aliphatic carbocycles. The molecule has 19 heavy (non-hydrogen) atoms. The van der Waals surface area contributed by atoms with Crippen molar-refractivity contribution >= 4 is 5.78 Å². The smallest absolute Gasteiger partial charge is 0.163 e. The van der Waals surface area contributed by atoms with E-state index >= 15 is 0 Å². The highest BCUT2D eigenvalue weighted by molar-refractivity contribution is 6.01. The van der Waals surface area contributed by atoms with E-state index in [1.54, 1.807) is 6.20 Å². The predicted molar refractivity (Wildman–Crippen MR) is 72.4 cm³/mol.